The van der Waals surface area contributed by atoms with E-state index < -0.39 is 30.0 Å². The number of nitrogens with one attached hydrogen (secondary N) is 1. The van der Waals surface area contributed by atoms with Gasteiger partial charge in [0, 0.05) is 12.3 Å². The number of rotatable bonds is 7. The zero-order chi connectivity index (χ0) is 16.9. The zero-order valence-corrected chi connectivity index (χ0v) is 13.9. The number of likely N-dealkylation sites (tertiary alicyclic amines) is 1. The van der Waals surface area contributed by atoms with Crippen LogP contribution in [0.15, 0.2) is 0 Å². The average Bonchev–Trinajstić information content (AvgIpc) is 2.99. The minimum atomic E-state index is -1.06. The lowest BCUT2D eigenvalue weighted by molar-refractivity contribution is -0.145. The Morgan fingerprint density at radius 2 is 2.09 bits per heavy atom. The average molecular weight is 331 g/mol. The van der Waals surface area contributed by atoms with Crippen molar-refractivity contribution < 1.29 is 19.5 Å². The highest BCUT2D eigenvalue weighted by Gasteiger charge is 2.37. The lowest BCUT2D eigenvalue weighted by atomic mass is 9.98. The van der Waals surface area contributed by atoms with Gasteiger partial charge in [-0.25, -0.2) is 4.79 Å². The molecule has 0 bridgehead atoms. The molecule has 0 saturated carbocycles. The Hall–Kier alpha value is -1.28. The first-order valence-electron chi connectivity index (χ1n) is 7.53. The van der Waals surface area contributed by atoms with Crippen molar-refractivity contribution in [3.8, 4) is 0 Å². The number of amides is 2. The van der Waals surface area contributed by atoms with Crippen molar-refractivity contribution in [1.82, 2.24) is 10.2 Å². The summed E-state index contributed by atoms with van der Waals surface area (Å²) in [6.45, 7) is 4.09. The minimum absolute atomic E-state index is 0.188. The second-order valence-electron chi connectivity index (χ2n) is 5.69. The van der Waals surface area contributed by atoms with Crippen molar-refractivity contribution in [2.75, 3.05) is 12.3 Å². The number of carbonyl (C=O) groups is 3. The lowest BCUT2D eigenvalue weighted by Crippen LogP contribution is -2.55. The molecule has 1 saturated heterocycles. The maximum atomic E-state index is 12.4. The third kappa shape index (κ3) is 4.36. The van der Waals surface area contributed by atoms with E-state index in [0.717, 1.165) is 0 Å². The molecule has 0 aromatic rings. The standard InChI is InChI=1S/C14H25N3O4S/c1-3-8(2)11(14(20)21)16-12(18)10-5-4-6-17(10)13(19)9(15)7-22/h8-11,22H,3-7,15H2,1-2H3,(H,16,18)(H,20,21)/t8-,9-,10-,11-/m0/s1. The van der Waals surface area contributed by atoms with Crippen molar-refractivity contribution >= 4 is 30.4 Å². The van der Waals surface area contributed by atoms with E-state index >= 15 is 0 Å². The first-order chi connectivity index (χ1) is 10.3. The van der Waals surface area contributed by atoms with E-state index in [1.54, 1.807) is 6.92 Å². The molecule has 2 amide bonds. The van der Waals surface area contributed by atoms with Crippen LogP contribution in [-0.4, -0.2) is 58.2 Å². The summed E-state index contributed by atoms with van der Waals surface area (Å²) >= 11 is 4.00. The predicted octanol–water partition coefficient (Wildman–Crippen LogP) is -0.150. The molecular formula is C14H25N3O4S. The van der Waals surface area contributed by atoms with Gasteiger partial charge in [-0.1, -0.05) is 20.3 Å². The number of nitrogens with two attached hydrogens (primary N) is 1. The summed E-state index contributed by atoms with van der Waals surface area (Å²) in [6, 6.07) is -2.35. The summed E-state index contributed by atoms with van der Waals surface area (Å²) in [6.07, 6.45) is 1.85. The van der Waals surface area contributed by atoms with Gasteiger partial charge in [0.1, 0.15) is 12.1 Å². The molecule has 4 atom stereocenters. The monoisotopic (exact) mass is 331 g/mol. The van der Waals surface area contributed by atoms with Crippen LogP contribution in [-0.2, 0) is 14.4 Å². The second-order valence-corrected chi connectivity index (χ2v) is 6.05. The molecule has 0 radical (unpaired) electrons. The number of carboxylic acids is 1. The molecule has 4 N–H and O–H groups in total. The van der Waals surface area contributed by atoms with Crippen LogP contribution < -0.4 is 11.1 Å². The molecule has 1 aliphatic rings. The van der Waals surface area contributed by atoms with Crippen molar-refractivity contribution in [3.05, 3.63) is 0 Å². The van der Waals surface area contributed by atoms with Crippen LogP contribution in [0.3, 0.4) is 0 Å². The maximum Gasteiger partial charge on any atom is 0.326 e. The van der Waals surface area contributed by atoms with Crippen LogP contribution in [0.4, 0.5) is 0 Å². The number of carboxylic acid groups (broad SMARTS) is 1. The van der Waals surface area contributed by atoms with E-state index in [1.807, 2.05) is 6.92 Å². The molecule has 8 heteroatoms. The topological polar surface area (TPSA) is 113 Å². The summed E-state index contributed by atoms with van der Waals surface area (Å²) in [5.74, 6) is -1.79. The van der Waals surface area contributed by atoms with Gasteiger partial charge >= 0.3 is 5.97 Å². The van der Waals surface area contributed by atoms with Gasteiger partial charge in [0.25, 0.3) is 0 Å². The lowest BCUT2D eigenvalue weighted by Gasteiger charge is -2.28. The maximum absolute atomic E-state index is 12.4. The molecule has 0 spiro atoms. The van der Waals surface area contributed by atoms with Crippen LogP contribution in [0.5, 0.6) is 0 Å². The summed E-state index contributed by atoms with van der Waals surface area (Å²) < 4.78 is 0. The van der Waals surface area contributed by atoms with Gasteiger partial charge in [-0.2, -0.15) is 12.6 Å². The first-order valence-corrected chi connectivity index (χ1v) is 8.16. The Morgan fingerprint density at radius 1 is 1.45 bits per heavy atom. The van der Waals surface area contributed by atoms with Crippen LogP contribution >= 0.6 is 12.6 Å². The fourth-order valence-electron chi connectivity index (χ4n) is 2.53. The number of carbonyl (C=O) groups excluding carboxylic acids is 2. The van der Waals surface area contributed by atoms with Crippen LogP contribution in [0, 0.1) is 5.92 Å². The van der Waals surface area contributed by atoms with Crippen molar-refractivity contribution in [3.63, 3.8) is 0 Å². The zero-order valence-electron chi connectivity index (χ0n) is 13.0. The SMILES string of the molecule is CC[C@H](C)[C@H](NC(=O)[C@@H]1CCCN1C(=O)[C@@H](N)CS)C(=O)O. The molecule has 0 aliphatic carbocycles. The van der Waals surface area contributed by atoms with E-state index in [9.17, 15) is 19.5 Å². The summed E-state index contributed by atoms with van der Waals surface area (Å²) in [7, 11) is 0. The van der Waals surface area contributed by atoms with Crippen LogP contribution in [0.2, 0.25) is 0 Å². The number of thiol groups is 1. The Kier molecular flexibility index (Phi) is 7.15. The van der Waals surface area contributed by atoms with E-state index in [4.69, 9.17) is 5.73 Å². The highest BCUT2D eigenvalue weighted by atomic mass is 32.1. The predicted molar refractivity (Wildman–Crippen MR) is 85.6 cm³/mol. The van der Waals surface area contributed by atoms with Crippen LogP contribution in [0.1, 0.15) is 33.1 Å². The molecular weight excluding hydrogens is 306 g/mol. The third-order valence-corrected chi connectivity index (χ3v) is 4.52. The molecule has 1 aliphatic heterocycles. The van der Waals surface area contributed by atoms with Crippen molar-refractivity contribution in [2.24, 2.45) is 11.7 Å². The molecule has 126 valence electrons. The summed E-state index contributed by atoms with van der Waals surface area (Å²) in [5.41, 5.74) is 5.68. The molecule has 1 heterocycles. The molecule has 0 unspecified atom stereocenters. The van der Waals surface area contributed by atoms with Crippen molar-refractivity contribution in [1.29, 1.82) is 0 Å². The Balaban J connectivity index is 2.78. The highest BCUT2D eigenvalue weighted by molar-refractivity contribution is 7.80. The molecule has 1 rings (SSSR count). The number of hydrogen-bond acceptors (Lipinski definition) is 5. The normalized spacial score (nSPS) is 22.0. The minimum Gasteiger partial charge on any atom is -0.480 e. The van der Waals surface area contributed by atoms with Crippen LogP contribution in [0.25, 0.3) is 0 Å². The first kappa shape index (κ1) is 18.8. The van der Waals surface area contributed by atoms with E-state index in [0.29, 0.717) is 25.8 Å². The van der Waals surface area contributed by atoms with Gasteiger partial charge in [0.05, 0.1) is 6.04 Å². The van der Waals surface area contributed by atoms with Gasteiger partial charge in [0.15, 0.2) is 0 Å². The van der Waals surface area contributed by atoms with E-state index in [2.05, 4.69) is 17.9 Å². The molecule has 0 aromatic carbocycles. The quantitative estimate of drug-likeness (QED) is 0.485. The summed E-state index contributed by atoms with van der Waals surface area (Å²) in [5, 5.41) is 11.8. The van der Waals surface area contributed by atoms with Gasteiger partial charge in [-0.15, -0.1) is 0 Å². The van der Waals surface area contributed by atoms with E-state index in [-0.39, 0.29) is 17.6 Å². The fraction of sp³-hybridized carbons (Fsp3) is 0.786. The Bertz CT molecular complexity index is 432. The number of hydrogen-bond donors (Lipinski definition) is 4. The van der Waals surface area contributed by atoms with Crippen molar-refractivity contribution in [2.45, 2.75) is 51.2 Å². The van der Waals surface area contributed by atoms with E-state index in [1.165, 1.54) is 4.90 Å². The van der Waals surface area contributed by atoms with Gasteiger partial charge in [-0.05, 0) is 18.8 Å². The number of aliphatic carboxylic acids is 1. The van der Waals surface area contributed by atoms with Gasteiger partial charge < -0.3 is 21.1 Å². The molecule has 1 fully saturated rings. The summed E-state index contributed by atoms with van der Waals surface area (Å²) in [4.78, 5) is 37.3. The van der Waals surface area contributed by atoms with Gasteiger partial charge in [0.2, 0.25) is 11.8 Å². The number of nitrogens with zero attached hydrogens (tertiary/aromatic N) is 1. The highest BCUT2D eigenvalue weighted by Crippen LogP contribution is 2.19. The molecule has 0 aromatic heterocycles. The largest absolute Gasteiger partial charge is 0.480 e. The second kappa shape index (κ2) is 8.38. The van der Waals surface area contributed by atoms with Gasteiger partial charge in [-0.3, -0.25) is 9.59 Å². The smallest absolute Gasteiger partial charge is 0.326 e. The molecule has 22 heavy (non-hydrogen) atoms. The third-order valence-electron chi connectivity index (χ3n) is 4.13. The Morgan fingerprint density at radius 3 is 2.59 bits per heavy atom. The fourth-order valence-corrected chi connectivity index (χ4v) is 2.68. The molecule has 7 nitrogen and oxygen atoms in total. The Labute approximate surface area is 136 Å².